The molecule has 0 radical (unpaired) electrons. The van der Waals surface area contributed by atoms with Crippen LogP contribution < -0.4 is 0 Å². The van der Waals surface area contributed by atoms with Crippen LogP contribution in [0.25, 0.3) is 22.4 Å². The van der Waals surface area contributed by atoms with Crippen LogP contribution in [0.4, 0.5) is 0 Å². The first-order valence-corrected chi connectivity index (χ1v) is 9.23. The lowest BCUT2D eigenvalue weighted by molar-refractivity contribution is 0.301. The van der Waals surface area contributed by atoms with Gasteiger partial charge < -0.3 is 5.11 Å². The molecule has 1 aliphatic rings. The lowest BCUT2D eigenvalue weighted by atomic mass is 9.79. The van der Waals surface area contributed by atoms with Gasteiger partial charge in [-0.1, -0.05) is 51.1 Å². The molecule has 1 aliphatic heterocycles. The van der Waals surface area contributed by atoms with Gasteiger partial charge in [0.2, 0.25) is 0 Å². The standard InChI is InChI=1S/C23H23N3O/c1-14-6-5-7-18(19(14)12-24)21-20(16-8-10-17(27)11-9-16)22-15(2)23(3,4)13-26(22)25-21/h5-11,15,27H,13H2,1-4H3. The van der Waals surface area contributed by atoms with E-state index in [1.165, 1.54) is 5.69 Å². The van der Waals surface area contributed by atoms with Gasteiger partial charge >= 0.3 is 0 Å². The number of phenolic OH excluding ortho intramolecular Hbond substituents is 1. The average molecular weight is 357 g/mol. The molecule has 1 N–H and O–H groups in total. The molecule has 2 aromatic carbocycles. The van der Waals surface area contributed by atoms with Crippen LogP contribution in [0.5, 0.6) is 5.75 Å². The van der Waals surface area contributed by atoms with E-state index in [0.717, 1.165) is 34.5 Å². The van der Waals surface area contributed by atoms with E-state index in [1.807, 2.05) is 37.3 Å². The number of aromatic nitrogens is 2. The van der Waals surface area contributed by atoms with Crippen molar-refractivity contribution in [3.05, 3.63) is 59.3 Å². The Bertz CT molecular complexity index is 1070. The third-order valence-electron chi connectivity index (χ3n) is 5.93. The summed E-state index contributed by atoms with van der Waals surface area (Å²) >= 11 is 0. The number of nitrogens with zero attached hydrogens (tertiary/aromatic N) is 3. The normalized spacial score (nSPS) is 17.5. The van der Waals surface area contributed by atoms with Crippen LogP contribution in [0, 0.1) is 23.7 Å². The van der Waals surface area contributed by atoms with Crippen molar-refractivity contribution in [2.24, 2.45) is 5.41 Å². The zero-order valence-electron chi connectivity index (χ0n) is 16.1. The molecular formula is C23H23N3O. The van der Waals surface area contributed by atoms with Gasteiger partial charge in [-0.2, -0.15) is 10.4 Å². The molecule has 0 saturated heterocycles. The Balaban J connectivity index is 2.03. The molecule has 4 heteroatoms. The zero-order chi connectivity index (χ0) is 19.3. The van der Waals surface area contributed by atoms with Crippen molar-refractivity contribution >= 4 is 0 Å². The first kappa shape index (κ1) is 17.4. The number of hydrogen-bond donors (Lipinski definition) is 1. The summed E-state index contributed by atoms with van der Waals surface area (Å²) in [7, 11) is 0. The summed E-state index contributed by atoms with van der Waals surface area (Å²) < 4.78 is 2.10. The third-order valence-corrected chi connectivity index (χ3v) is 5.93. The summed E-state index contributed by atoms with van der Waals surface area (Å²) in [5, 5.41) is 24.4. The van der Waals surface area contributed by atoms with Gasteiger partial charge in [-0.3, -0.25) is 4.68 Å². The summed E-state index contributed by atoms with van der Waals surface area (Å²) in [5.74, 6) is 0.573. The summed E-state index contributed by atoms with van der Waals surface area (Å²) in [6, 6.07) is 15.5. The lowest BCUT2D eigenvalue weighted by Crippen LogP contribution is -2.17. The van der Waals surface area contributed by atoms with Crippen LogP contribution in [0.1, 0.15) is 43.5 Å². The van der Waals surface area contributed by atoms with E-state index >= 15 is 0 Å². The van der Waals surface area contributed by atoms with E-state index in [1.54, 1.807) is 12.1 Å². The van der Waals surface area contributed by atoms with Crippen molar-refractivity contribution < 1.29 is 5.11 Å². The number of phenols is 1. The summed E-state index contributed by atoms with van der Waals surface area (Å²) in [4.78, 5) is 0. The Kier molecular flexibility index (Phi) is 3.85. The van der Waals surface area contributed by atoms with Gasteiger partial charge in [-0.15, -0.1) is 0 Å². The minimum Gasteiger partial charge on any atom is -0.508 e. The number of hydrogen-bond acceptors (Lipinski definition) is 3. The third kappa shape index (κ3) is 2.62. The highest BCUT2D eigenvalue weighted by atomic mass is 16.3. The van der Waals surface area contributed by atoms with E-state index in [-0.39, 0.29) is 11.2 Å². The van der Waals surface area contributed by atoms with Crippen molar-refractivity contribution in [1.29, 1.82) is 5.26 Å². The molecule has 0 bridgehead atoms. The molecule has 0 aliphatic carbocycles. The summed E-state index contributed by atoms with van der Waals surface area (Å²) in [6.07, 6.45) is 0. The average Bonchev–Trinajstić information content (AvgIpc) is 3.09. The maximum Gasteiger partial charge on any atom is 0.115 e. The van der Waals surface area contributed by atoms with Crippen molar-refractivity contribution in [1.82, 2.24) is 9.78 Å². The molecule has 0 saturated carbocycles. The molecule has 27 heavy (non-hydrogen) atoms. The maximum atomic E-state index is 9.72. The molecule has 3 aromatic rings. The maximum absolute atomic E-state index is 9.72. The van der Waals surface area contributed by atoms with Crippen LogP contribution in [-0.4, -0.2) is 14.9 Å². The number of nitriles is 1. The topological polar surface area (TPSA) is 61.8 Å². The molecule has 4 nitrogen and oxygen atoms in total. The molecular weight excluding hydrogens is 334 g/mol. The van der Waals surface area contributed by atoms with Crippen LogP contribution in [0.3, 0.4) is 0 Å². The van der Waals surface area contributed by atoms with Gasteiger partial charge in [0.15, 0.2) is 0 Å². The Morgan fingerprint density at radius 3 is 2.56 bits per heavy atom. The van der Waals surface area contributed by atoms with Crippen molar-refractivity contribution in [3.63, 3.8) is 0 Å². The van der Waals surface area contributed by atoms with Crippen molar-refractivity contribution in [2.75, 3.05) is 0 Å². The first-order chi connectivity index (χ1) is 12.8. The molecule has 1 unspecified atom stereocenters. The predicted octanol–water partition coefficient (Wildman–Crippen LogP) is 5.25. The number of benzene rings is 2. The number of rotatable bonds is 2. The highest BCUT2D eigenvalue weighted by molar-refractivity contribution is 5.86. The van der Waals surface area contributed by atoms with Crippen LogP contribution in [-0.2, 0) is 6.54 Å². The molecule has 136 valence electrons. The van der Waals surface area contributed by atoms with Crippen LogP contribution in [0.15, 0.2) is 42.5 Å². The van der Waals surface area contributed by atoms with E-state index in [9.17, 15) is 10.4 Å². The minimum absolute atomic E-state index is 0.122. The summed E-state index contributed by atoms with van der Waals surface area (Å²) in [6.45, 7) is 9.58. The van der Waals surface area contributed by atoms with E-state index in [2.05, 4.69) is 31.5 Å². The Labute approximate surface area is 159 Å². The number of fused-ring (bicyclic) bond motifs is 1. The van der Waals surface area contributed by atoms with Gasteiger partial charge in [0, 0.05) is 23.6 Å². The largest absolute Gasteiger partial charge is 0.508 e. The van der Waals surface area contributed by atoms with Crippen LogP contribution >= 0.6 is 0 Å². The second kappa shape index (κ2) is 5.99. The second-order valence-electron chi connectivity index (χ2n) is 8.13. The smallest absolute Gasteiger partial charge is 0.115 e. The molecule has 0 spiro atoms. The zero-order valence-corrected chi connectivity index (χ0v) is 16.1. The lowest BCUT2D eigenvalue weighted by Gasteiger charge is -2.23. The second-order valence-corrected chi connectivity index (χ2v) is 8.13. The molecule has 1 aromatic heterocycles. The first-order valence-electron chi connectivity index (χ1n) is 9.23. The van der Waals surface area contributed by atoms with Gasteiger partial charge in [-0.25, -0.2) is 0 Å². The molecule has 1 atom stereocenters. The van der Waals surface area contributed by atoms with Gasteiger partial charge in [0.05, 0.1) is 11.3 Å². The van der Waals surface area contributed by atoms with E-state index < -0.39 is 0 Å². The van der Waals surface area contributed by atoms with Gasteiger partial charge in [0.25, 0.3) is 0 Å². The fourth-order valence-electron chi connectivity index (χ4n) is 4.04. The monoisotopic (exact) mass is 357 g/mol. The van der Waals surface area contributed by atoms with Crippen LogP contribution in [0.2, 0.25) is 0 Å². The van der Waals surface area contributed by atoms with Gasteiger partial charge in [-0.05, 0) is 35.6 Å². The fourth-order valence-corrected chi connectivity index (χ4v) is 4.04. The van der Waals surface area contributed by atoms with Crippen molar-refractivity contribution in [2.45, 2.75) is 40.2 Å². The fraction of sp³-hybridized carbons (Fsp3) is 0.304. The van der Waals surface area contributed by atoms with E-state index in [0.29, 0.717) is 11.5 Å². The Morgan fingerprint density at radius 2 is 1.89 bits per heavy atom. The molecule has 0 fully saturated rings. The summed E-state index contributed by atoms with van der Waals surface area (Å²) in [5.41, 5.74) is 6.73. The minimum atomic E-state index is 0.122. The highest BCUT2D eigenvalue weighted by Crippen LogP contribution is 2.50. The van der Waals surface area contributed by atoms with E-state index in [4.69, 9.17) is 5.10 Å². The van der Waals surface area contributed by atoms with Crippen molar-refractivity contribution in [3.8, 4) is 34.2 Å². The molecule has 2 heterocycles. The highest BCUT2D eigenvalue weighted by Gasteiger charge is 2.40. The Hall–Kier alpha value is -3.06. The van der Waals surface area contributed by atoms with Gasteiger partial charge in [0.1, 0.15) is 17.5 Å². The SMILES string of the molecule is Cc1cccc(-c2nn3c(c2-c2ccc(O)cc2)C(C)C(C)(C)C3)c1C#N. The number of aryl methyl sites for hydroxylation is 1. The molecule has 4 rings (SSSR count). The molecule has 0 amide bonds. The Morgan fingerprint density at radius 1 is 1.19 bits per heavy atom. The quantitative estimate of drug-likeness (QED) is 0.682. The predicted molar refractivity (Wildman–Crippen MR) is 106 cm³/mol. The number of aromatic hydroxyl groups is 1.